The third kappa shape index (κ3) is 7.03. The highest BCUT2D eigenvalue weighted by atomic mass is 19.4. The SMILES string of the molecule is CC(C)CN(C[C@H]1CN(Cc2ccccc2[N+](=O)[O-])C[C@H]1c1cccc(C(F)(F)F)c1)C(=O)c1ccccc1. The number of para-hydroxylation sites is 1. The summed E-state index contributed by atoms with van der Waals surface area (Å²) in [5.41, 5.74) is 0.956. The predicted molar refractivity (Wildman–Crippen MR) is 143 cm³/mol. The van der Waals surface area contributed by atoms with Gasteiger partial charge in [-0.05, 0) is 35.6 Å². The maximum absolute atomic E-state index is 13.6. The van der Waals surface area contributed by atoms with Gasteiger partial charge in [-0.3, -0.25) is 19.8 Å². The highest BCUT2D eigenvalue weighted by Crippen LogP contribution is 2.38. The molecule has 4 rings (SSSR count). The van der Waals surface area contributed by atoms with Crippen molar-refractivity contribution in [1.29, 1.82) is 0 Å². The summed E-state index contributed by atoms with van der Waals surface area (Å²) in [5, 5.41) is 11.6. The molecule has 0 aliphatic carbocycles. The normalized spacial score (nSPS) is 17.9. The van der Waals surface area contributed by atoms with E-state index in [4.69, 9.17) is 0 Å². The Kier molecular flexibility index (Phi) is 8.70. The summed E-state index contributed by atoms with van der Waals surface area (Å²) in [5.74, 6) is -0.380. The Morgan fingerprint density at radius 3 is 2.38 bits per heavy atom. The average molecular weight is 540 g/mol. The van der Waals surface area contributed by atoms with Gasteiger partial charge in [-0.25, -0.2) is 0 Å². The van der Waals surface area contributed by atoms with Crippen LogP contribution in [0.3, 0.4) is 0 Å². The molecule has 1 fully saturated rings. The van der Waals surface area contributed by atoms with Crippen LogP contribution in [0.4, 0.5) is 18.9 Å². The first kappa shape index (κ1) is 28.3. The van der Waals surface area contributed by atoms with Crippen molar-refractivity contribution in [2.75, 3.05) is 26.2 Å². The van der Waals surface area contributed by atoms with Gasteiger partial charge in [0.25, 0.3) is 11.6 Å². The van der Waals surface area contributed by atoms with Crippen molar-refractivity contribution in [3.63, 3.8) is 0 Å². The van der Waals surface area contributed by atoms with E-state index in [9.17, 15) is 28.1 Å². The number of nitro groups is 1. The van der Waals surface area contributed by atoms with Crippen LogP contribution in [0.1, 0.15) is 46.8 Å². The van der Waals surface area contributed by atoms with Gasteiger partial charge in [-0.15, -0.1) is 0 Å². The fourth-order valence-electron chi connectivity index (χ4n) is 5.39. The average Bonchev–Trinajstić information content (AvgIpc) is 3.30. The van der Waals surface area contributed by atoms with Crippen LogP contribution < -0.4 is 0 Å². The van der Waals surface area contributed by atoms with Crippen LogP contribution >= 0.6 is 0 Å². The van der Waals surface area contributed by atoms with Gasteiger partial charge in [-0.1, -0.05) is 68.4 Å². The first-order valence-electron chi connectivity index (χ1n) is 13.0. The highest BCUT2D eigenvalue weighted by molar-refractivity contribution is 5.94. The number of nitro benzene ring substituents is 1. The lowest BCUT2D eigenvalue weighted by atomic mass is 9.87. The zero-order valence-corrected chi connectivity index (χ0v) is 22.0. The van der Waals surface area contributed by atoms with Crippen LogP contribution in [0.2, 0.25) is 0 Å². The second kappa shape index (κ2) is 12.0. The Morgan fingerprint density at radius 1 is 1.03 bits per heavy atom. The van der Waals surface area contributed by atoms with Gasteiger partial charge in [0, 0.05) is 55.8 Å². The summed E-state index contributed by atoms with van der Waals surface area (Å²) in [4.78, 5) is 28.5. The molecule has 2 atom stereocenters. The van der Waals surface area contributed by atoms with Gasteiger partial charge in [0.1, 0.15) is 0 Å². The summed E-state index contributed by atoms with van der Waals surface area (Å²) in [7, 11) is 0. The Hall–Kier alpha value is -3.72. The van der Waals surface area contributed by atoms with E-state index < -0.39 is 16.7 Å². The maximum atomic E-state index is 13.6. The first-order chi connectivity index (χ1) is 18.5. The molecule has 1 aliphatic rings. The van der Waals surface area contributed by atoms with E-state index in [2.05, 4.69) is 0 Å². The molecule has 0 saturated carbocycles. The smallest absolute Gasteiger partial charge is 0.338 e. The summed E-state index contributed by atoms with van der Waals surface area (Å²) in [6, 6.07) is 20.8. The zero-order chi connectivity index (χ0) is 28.2. The number of nitrogens with zero attached hydrogens (tertiary/aromatic N) is 3. The van der Waals surface area contributed by atoms with Crippen molar-refractivity contribution in [2.45, 2.75) is 32.5 Å². The van der Waals surface area contributed by atoms with Crippen molar-refractivity contribution in [1.82, 2.24) is 9.80 Å². The fraction of sp³-hybridized carbons (Fsp3) is 0.367. The molecule has 1 saturated heterocycles. The lowest BCUT2D eigenvalue weighted by Gasteiger charge is -2.30. The van der Waals surface area contributed by atoms with Crippen molar-refractivity contribution >= 4 is 11.6 Å². The number of hydrogen-bond donors (Lipinski definition) is 0. The van der Waals surface area contributed by atoms with E-state index in [1.165, 1.54) is 18.2 Å². The van der Waals surface area contributed by atoms with Gasteiger partial charge in [0.05, 0.1) is 10.5 Å². The van der Waals surface area contributed by atoms with Crippen molar-refractivity contribution in [3.8, 4) is 0 Å². The minimum Gasteiger partial charge on any atom is -0.338 e. The zero-order valence-electron chi connectivity index (χ0n) is 22.0. The van der Waals surface area contributed by atoms with Gasteiger partial charge >= 0.3 is 6.18 Å². The summed E-state index contributed by atoms with van der Waals surface area (Å²) < 4.78 is 40.7. The Morgan fingerprint density at radius 2 is 1.72 bits per heavy atom. The summed E-state index contributed by atoms with van der Waals surface area (Å²) in [6.07, 6.45) is -4.47. The first-order valence-corrected chi connectivity index (χ1v) is 13.0. The Bertz CT molecular complexity index is 1300. The van der Waals surface area contributed by atoms with E-state index in [0.29, 0.717) is 49.4 Å². The molecule has 0 radical (unpaired) electrons. The minimum atomic E-state index is -4.47. The Balaban J connectivity index is 1.66. The van der Waals surface area contributed by atoms with Crippen LogP contribution in [0.15, 0.2) is 78.9 Å². The molecule has 39 heavy (non-hydrogen) atoms. The topological polar surface area (TPSA) is 66.7 Å². The van der Waals surface area contributed by atoms with E-state index in [0.717, 1.165) is 6.07 Å². The molecular weight excluding hydrogens is 507 g/mol. The number of alkyl halides is 3. The van der Waals surface area contributed by atoms with Gasteiger partial charge in [-0.2, -0.15) is 13.2 Å². The number of amides is 1. The second-order valence-corrected chi connectivity index (χ2v) is 10.5. The third-order valence-electron chi connectivity index (χ3n) is 7.09. The summed E-state index contributed by atoms with van der Waals surface area (Å²) in [6.45, 7) is 6.11. The molecule has 0 aromatic heterocycles. The molecule has 1 amide bonds. The lowest BCUT2D eigenvalue weighted by Crippen LogP contribution is -2.39. The minimum absolute atomic E-state index is 0.0114. The molecule has 0 N–H and O–H groups in total. The van der Waals surface area contributed by atoms with Gasteiger partial charge in [0.15, 0.2) is 0 Å². The van der Waals surface area contributed by atoms with Crippen LogP contribution in [-0.4, -0.2) is 46.8 Å². The molecular formula is C30H32F3N3O3. The number of carbonyl (C=O) groups is 1. The summed E-state index contributed by atoms with van der Waals surface area (Å²) >= 11 is 0. The van der Waals surface area contributed by atoms with Crippen molar-refractivity contribution in [2.24, 2.45) is 11.8 Å². The monoisotopic (exact) mass is 539 g/mol. The van der Waals surface area contributed by atoms with Crippen molar-refractivity contribution in [3.05, 3.63) is 111 Å². The molecule has 0 spiro atoms. The number of benzene rings is 3. The number of rotatable bonds is 9. The molecule has 206 valence electrons. The molecule has 9 heteroatoms. The highest BCUT2D eigenvalue weighted by Gasteiger charge is 2.38. The number of halogens is 3. The number of carbonyl (C=O) groups excluding carboxylic acids is 1. The van der Waals surface area contributed by atoms with Crippen molar-refractivity contribution < 1.29 is 22.9 Å². The van der Waals surface area contributed by atoms with E-state index in [1.807, 2.05) is 24.8 Å². The molecule has 3 aromatic rings. The van der Waals surface area contributed by atoms with E-state index in [-0.39, 0.29) is 29.3 Å². The third-order valence-corrected chi connectivity index (χ3v) is 7.09. The fourth-order valence-corrected chi connectivity index (χ4v) is 5.39. The van der Waals surface area contributed by atoms with Gasteiger partial charge < -0.3 is 4.90 Å². The number of hydrogen-bond acceptors (Lipinski definition) is 4. The molecule has 1 aliphatic heterocycles. The number of likely N-dealkylation sites (tertiary alicyclic amines) is 1. The van der Waals surface area contributed by atoms with Crippen LogP contribution in [0, 0.1) is 22.0 Å². The quantitative estimate of drug-likeness (QED) is 0.226. The lowest BCUT2D eigenvalue weighted by molar-refractivity contribution is -0.385. The molecule has 3 aromatic carbocycles. The van der Waals surface area contributed by atoms with E-state index in [1.54, 1.807) is 53.4 Å². The standard InChI is InChI=1S/C30H32F3N3O3/c1-21(2)16-35(29(37)22-9-4-3-5-10-22)19-25-18-34(17-24-11-6-7-14-28(24)36(38)39)20-27(25)23-12-8-13-26(15-23)30(31,32)33/h3-15,21,25,27H,16-20H2,1-2H3/t25-,27+/m1/s1. The van der Waals surface area contributed by atoms with Crippen LogP contribution in [0.5, 0.6) is 0 Å². The molecule has 6 nitrogen and oxygen atoms in total. The molecule has 0 bridgehead atoms. The second-order valence-electron chi connectivity index (χ2n) is 10.5. The van der Waals surface area contributed by atoms with Gasteiger partial charge in [0.2, 0.25) is 0 Å². The Labute approximate surface area is 226 Å². The molecule has 1 heterocycles. The largest absolute Gasteiger partial charge is 0.416 e. The van der Waals surface area contributed by atoms with Crippen LogP contribution in [-0.2, 0) is 12.7 Å². The van der Waals surface area contributed by atoms with E-state index >= 15 is 0 Å². The maximum Gasteiger partial charge on any atom is 0.416 e. The predicted octanol–water partition coefficient (Wildman–Crippen LogP) is 6.63. The molecule has 0 unspecified atom stereocenters. The van der Waals surface area contributed by atoms with Crippen LogP contribution in [0.25, 0.3) is 0 Å².